The molecule has 1 saturated heterocycles. The largest absolute Gasteiger partial charge is 0.352 e. The zero-order valence-corrected chi connectivity index (χ0v) is 13.9. The second-order valence-electron chi connectivity index (χ2n) is 5.93. The molecule has 2 aromatic heterocycles. The molecular weight excluding hydrogens is 324 g/mol. The summed E-state index contributed by atoms with van der Waals surface area (Å²) in [6.07, 6.45) is 4.62. The third-order valence-electron chi connectivity index (χ3n) is 3.88. The molecular formula is C16H20N6O3. The summed E-state index contributed by atoms with van der Waals surface area (Å²) in [5.41, 5.74) is 0.914. The SMILES string of the molecule is Cc1nc(CNC(=O)N(Cc2cccnc2)C[C@@H]2CCC(=O)N2)no1. The number of urea groups is 1. The van der Waals surface area contributed by atoms with Crippen molar-refractivity contribution in [3.05, 3.63) is 41.8 Å². The lowest BCUT2D eigenvalue weighted by Crippen LogP contribution is -2.45. The lowest BCUT2D eigenvalue weighted by atomic mass is 10.2. The molecule has 0 spiro atoms. The monoisotopic (exact) mass is 344 g/mol. The molecule has 1 aliphatic heterocycles. The van der Waals surface area contributed by atoms with Crippen LogP contribution in [0.3, 0.4) is 0 Å². The van der Waals surface area contributed by atoms with E-state index < -0.39 is 0 Å². The molecule has 0 aliphatic carbocycles. The average molecular weight is 344 g/mol. The lowest BCUT2D eigenvalue weighted by Gasteiger charge is -2.25. The number of hydrogen-bond acceptors (Lipinski definition) is 6. The molecule has 132 valence electrons. The molecule has 25 heavy (non-hydrogen) atoms. The van der Waals surface area contributed by atoms with Gasteiger partial charge in [-0.1, -0.05) is 11.2 Å². The number of rotatable bonds is 6. The van der Waals surface area contributed by atoms with Gasteiger partial charge in [-0.25, -0.2) is 4.79 Å². The second-order valence-corrected chi connectivity index (χ2v) is 5.93. The topological polar surface area (TPSA) is 113 Å². The van der Waals surface area contributed by atoms with Gasteiger partial charge in [0.25, 0.3) is 0 Å². The molecule has 9 nitrogen and oxygen atoms in total. The van der Waals surface area contributed by atoms with E-state index >= 15 is 0 Å². The molecule has 0 bridgehead atoms. The van der Waals surface area contributed by atoms with Crippen LogP contribution < -0.4 is 10.6 Å². The number of aromatic nitrogens is 3. The Morgan fingerprint density at radius 3 is 3.04 bits per heavy atom. The van der Waals surface area contributed by atoms with Gasteiger partial charge in [0.15, 0.2) is 5.82 Å². The van der Waals surface area contributed by atoms with Crippen LogP contribution >= 0.6 is 0 Å². The molecule has 1 aliphatic rings. The minimum absolute atomic E-state index is 0.0222. The summed E-state index contributed by atoms with van der Waals surface area (Å²) in [7, 11) is 0. The van der Waals surface area contributed by atoms with Crippen LogP contribution in [0.4, 0.5) is 4.79 Å². The molecule has 2 aromatic rings. The molecule has 3 heterocycles. The zero-order valence-electron chi connectivity index (χ0n) is 13.9. The number of carbonyl (C=O) groups excluding carboxylic acids is 2. The summed E-state index contributed by atoms with van der Waals surface area (Å²) in [6, 6.07) is 3.43. The normalized spacial score (nSPS) is 16.5. The van der Waals surface area contributed by atoms with Crippen molar-refractivity contribution in [1.29, 1.82) is 0 Å². The fourth-order valence-corrected chi connectivity index (χ4v) is 2.69. The van der Waals surface area contributed by atoms with Crippen LogP contribution in [-0.4, -0.2) is 44.5 Å². The predicted molar refractivity (Wildman–Crippen MR) is 87.1 cm³/mol. The maximum absolute atomic E-state index is 12.6. The van der Waals surface area contributed by atoms with Gasteiger partial charge < -0.3 is 20.1 Å². The van der Waals surface area contributed by atoms with Gasteiger partial charge in [-0.2, -0.15) is 4.98 Å². The first-order chi connectivity index (χ1) is 12.1. The van der Waals surface area contributed by atoms with E-state index in [0.29, 0.717) is 31.2 Å². The summed E-state index contributed by atoms with van der Waals surface area (Å²) >= 11 is 0. The molecule has 0 radical (unpaired) electrons. The quantitative estimate of drug-likeness (QED) is 0.800. The molecule has 0 aromatic carbocycles. The number of nitrogens with zero attached hydrogens (tertiary/aromatic N) is 4. The number of aryl methyl sites for hydroxylation is 1. The van der Waals surface area contributed by atoms with E-state index in [9.17, 15) is 9.59 Å². The van der Waals surface area contributed by atoms with E-state index in [1.54, 1.807) is 24.2 Å². The Morgan fingerprint density at radius 1 is 1.52 bits per heavy atom. The van der Waals surface area contributed by atoms with Gasteiger partial charge in [0.1, 0.15) is 0 Å². The Bertz CT molecular complexity index is 732. The Morgan fingerprint density at radius 2 is 2.40 bits per heavy atom. The smallest absolute Gasteiger partial charge is 0.318 e. The standard InChI is InChI=1S/C16H20N6O3/c1-11-19-14(21-25-11)8-18-16(24)22(9-12-3-2-6-17-7-12)10-13-4-5-15(23)20-13/h2-3,6-7,13H,4-5,8-10H2,1H3,(H,18,24)(H,20,23)/t13-/m0/s1. The van der Waals surface area contributed by atoms with Crippen molar-refractivity contribution in [2.24, 2.45) is 0 Å². The van der Waals surface area contributed by atoms with E-state index in [0.717, 1.165) is 12.0 Å². The molecule has 3 rings (SSSR count). The Hall–Kier alpha value is -2.97. The van der Waals surface area contributed by atoms with Crippen molar-refractivity contribution < 1.29 is 14.1 Å². The van der Waals surface area contributed by atoms with Gasteiger partial charge >= 0.3 is 6.03 Å². The maximum atomic E-state index is 12.6. The predicted octanol–water partition coefficient (Wildman–Crippen LogP) is 0.763. The Labute approximate surface area is 144 Å². The summed E-state index contributed by atoms with van der Waals surface area (Å²) in [4.78, 5) is 33.8. The molecule has 2 N–H and O–H groups in total. The van der Waals surface area contributed by atoms with Gasteiger partial charge in [0.2, 0.25) is 11.8 Å². The first kappa shape index (κ1) is 16.9. The highest BCUT2D eigenvalue weighted by Crippen LogP contribution is 2.11. The van der Waals surface area contributed by atoms with Crippen LogP contribution in [0.2, 0.25) is 0 Å². The summed E-state index contributed by atoms with van der Waals surface area (Å²) < 4.78 is 4.89. The molecule has 0 unspecified atom stereocenters. The minimum atomic E-state index is -0.257. The lowest BCUT2D eigenvalue weighted by molar-refractivity contribution is -0.119. The van der Waals surface area contributed by atoms with Crippen LogP contribution in [-0.2, 0) is 17.9 Å². The van der Waals surface area contributed by atoms with Crippen molar-refractivity contribution in [3.63, 3.8) is 0 Å². The van der Waals surface area contributed by atoms with Crippen LogP contribution in [0.5, 0.6) is 0 Å². The first-order valence-corrected chi connectivity index (χ1v) is 8.10. The fraction of sp³-hybridized carbons (Fsp3) is 0.438. The van der Waals surface area contributed by atoms with E-state index in [-0.39, 0.29) is 24.5 Å². The van der Waals surface area contributed by atoms with Crippen LogP contribution in [0.25, 0.3) is 0 Å². The summed E-state index contributed by atoms with van der Waals surface area (Å²) in [5, 5.41) is 9.43. The summed E-state index contributed by atoms with van der Waals surface area (Å²) in [5.74, 6) is 0.889. The third-order valence-corrected chi connectivity index (χ3v) is 3.88. The van der Waals surface area contributed by atoms with Gasteiger partial charge in [0, 0.05) is 44.9 Å². The highest BCUT2D eigenvalue weighted by Gasteiger charge is 2.25. The highest BCUT2D eigenvalue weighted by atomic mass is 16.5. The molecule has 0 saturated carbocycles. The van der Waals surface area contributed by atoms with Crippen molar-refractivity contribution >= 4 is 11.9 Å². The Kier molecular flexibility index (Phi) is 5.22. The van der Waals surface area contributed by atoms with Crippen LogP contribution in [0.1, 0.15) is 30.1 Å². The molecule has 3 amide bonds. The first-order valence-electron chi connectivity index (χ1n) is 8.10. The van der Waals surface area contributed by atoms with Gasteiger partial charge in [-0.05, 0) is 18.1 Å². The number of nitrogens with one attached hydrogen (secondary N) is 2. The third kappa shape index (κ3) is 4.75. The van der Waals surface area contributed by atoms with Gasteiger partial charge in [-0.3, -0.25) is 9.78 Å². The van der Waals surface area contributed by atoms with Crippen molar-refractivity contribution in [2.45, 2.75) is 38.9 Å². The minimum Gasteiger partial charge on any atom is -0.352 e. The number of pyridine rings is 1. The van der Waals surface area contributed by atoms with Gasteiger partial charge in [0.05, 0.1) is 6.54 Å². The summed E-state index contributed by atoms with van der Waals surface area (Å²) in [6.45, 7) is 2.70. The van der Waals surface area contributed by atoms with Crippen molar-refractivity contribution in [2.75, 3.05) is 6.54 Å². The number of amides is 3. The number of carbonyl (C=O) groups is 2. The van der Waals surface area contributed by atoms with E-state index in [1.807, 2.05) is 12.1 Å². The Balaban J connectivity index is 1.63. The van der Waals surface area contributed by atoms with Crippen molar-refractivity contribution in [3.8, 4) is 0 Å². The van der Waals surface area contributed by atoms with E-state index in [2.05, 4.69) is 25.8 Å². The van der Waals surface area contributed by atoms with Crippen molar-refractivity contribution in [1.82, 2.24) is 30.7 Å². The van der Waals surface area contributed by atoms with Crippen LogP contribution in [0.15, 0.2) is 29.0 Å². The van der Waals surface area contributed by atoms with E-state index in [4.69, 9.17) is 4.52 Å². The number of hydrogen-bond donors (Lipinski definition) is 2. The fourth-order valence-electron chi connectivity index (χ4n) is 2.69. The van der Waals surface area contributed by atoms with E-state index in [1.165, 1.54) is 0 Å². The molecule has 1 fully saturated rings. The average Bonchev–Trinajstić information content (AvgIpc) is 3.21. The maximum Gasteiger partial charge on any atom is 0.318 e. The second kappa shape index (κ2) is 7.73. The van der Waals surface area contributed by atoms with Crippen LogP contribution in [0, 0.1) is 6.92 Å². The molecule has 1 atom stereocenters. The highest BCUT2D eigenvalue weighted by molar-refractivity contribution is 5.79. The zero-order chi connectivity index (χ0) is 17.6. The molecule has 9 heteroatoms. The van der Waals surface area contributed by atoms with Gasteiger partial charge in [-0.15, -0.1) is 0 Å².